The molecule has 5 heteroatoms. The zero-order valence-corrected chi connectivity index (χ0v) is 17.7. The Morgan fingerprint density at radius 1 is 1.07 bits per heavy atom. The lowest BCUT2D eigenvalue weighted by Crippen LogP contribution is -2.29. The molecule has 2 aromatic carbocycles. The third kappa shape index (κ3) is 5.03. The molecule has 160 valence electrons. The normalized spacial score (nSPS) is 15.1. The minimum absolute atomic E-state index is 0. The Kier molecular flexibility index (Phi) is 6.70. The van der Waals surface area contributed by atoms with Gasteiger partial charge in [-0.15, -0.1) is 0 Å². The third-order valence-electron chi connectivity index (χ3n) is 5.75. The van der Waals surface area contributed by atoms with Gasteiger partial charge in [0, 0.05) is 24.6 Å². The van der Waals surface area contributed by atoms with Crippen molar-refractivity contribution in [2.24, 2.45) is 0 Å². The predicted molar refractivity (Wildman–Crippen MR) is 121 cm³/mol. The van der Waals surface area contributed by atoms with Crippen molar-refractivity contribution >= 4 is 16.9 Å². The van der Waals surface area contributed by atoms with Crippen LogP contribution in [0.25, 0.3) is 10.9 Å². The molecule has 1 saturated heterocycles. The molecule has 1 fully saturated rings. The van der Waals surface area contributed by atoms with Gasteiger partial charge in [0.15, 0.2) is 0 Å². The summed E-state index contributed by atoms with van der Waals surface area (Å²) in [4.78, 5) is 18.6. The summed E-state index contributed by atoms with van der Waals surface area (Å²) in [6, 6.07) is 15.6. The number of aromatic nitrogens is 1. The number of fused-ring (bicyclic) bond motifs is 1. The van der Waals surface area contributed by atoms with Gasteiger partial charge in [0.2, 0.25) is 0 Å². The highest BCUT2D eigenvalue weighted by atomic mass is 16.5. The van der Waals surface area contributed by atoms with Crippen molar-refractivity contribution in [2.45, 2.75) is 39.2 Å². The summed E-state index contributed by atoms with van der Waals surface area (Å²) in [7, 11) is 0. The highest BCUT2D eigenvalue weighted by Crippen LogP contribution is 2.27. The first-order valence-electron chi connectivity index (χ1n) is 10.9. The average molecular weight is 409 g/mol. The summed E-state index contributed by atoms with van der Waals surface area (Å²) in [6.45, 7) is 6.09. The van der Waals surface area contributed by atoms with Gasteiger partial charge >= 0.3 is 5.97 Å². The van der Waals surface area contributed by atoms with Crippen molar-refractivity contribution in [3.8, 4) is 5.75 Å². The second-order valence-corrected chi connectivity index (χ2v) is 8.00. The second-order valence-electron chi connectivity index (χ2n) is 8.00. The number of aromatic amines is 1. The first-order chi connectivity index (χ1) is 14.7. The van der Waals surface area contributed by atoms with Crippen LogP contribution in [-0.2, 0) is 11.3 Å². The van der Waals surface area contributed by atoms with Crippen LogP contribution in [-0.4, -0.2) is 42.1 Å². The zero-order chi connectivity index (χ0) is 20.8. The van der Waals surface area contributed by atoms with E-state index in [0.717, 1.165) is 47.5 Å². The first kappa shape index (κ1) is 20.5. The molecule has 3 aromatic rings. The Labute approximate surface area is 179 Å². The van der Waals surface area contributed by atoms with E-state index in [1.54, 1.807) is 0 Å². The number of benzene rings is 2. The van der Waals surface area contributed by atoms with Gasteiger partial charge in [-0.1, -0.05) is 43.2 Å². The van der Waals surface area contributed by atoms with Gasteiger partial charge in [0.25, 0.3) is 0 Å². The number of nitrogens with zero attached hydrogens (tertiary/aromatic N) is 1. The molecule has 0 radical (unpaired) electrons. The lowest BCUT2D eigenvalue weighted by atomic mass is 10.1. The molecule has 4 rings (SSSR count). The third-order valence-corrected chi connectivity index (χ3v) is 5.75. The highest BCUT2D eigenvalue weighted by Gasteiger charge is 2.18. The molecule has 0 spiro atoms. The van der Waals surface area contributed by atoms with Crippen molar-refractivity contribution in [3.05, 3.63) is 65.4 Å². The number of carbonyl (C=O) groups is 1. The number of hydrogen-bond acceptors (Lipinski definition) is 4. The summed E-state index contributed by atoms with van der Waals surface area (Å²) in [6.07, 6.45) is 5.24. The Hall–Kier alpha value is -2.79. The predicted octanol–water partition coefficient (Wildman–Crippen LogP) is 5.33. The van der Waals surface area contributed by atoms with Crippen LogP contribution in [0.4, 0.5) is 0 Å². The quantitative estimate of drug-likeness (QED) is 0.537. The fourth-order valence-corrected chi connectivity index (χ4v) is 4.11. The molecule has 1 aliphatic rings. The molecule has 1 aromatic heterocycles. The zero-order valence-electron chi connectivity index (χ0n) is 17.7. The van der Waals surface area contributed by atoms with E-state index >= 15 is 0 Å². The summed E-state index contributed by atoms with van der Waals surface area (Å²) in [5.74, 6) is 0.470. The van der Waals surface area contributed by atoms with Gasteiger partial charge in [0.1, 0.15) is 19.0 Å². The Morgan fingerprint density at radius 2 is 1.83 bits per heavy atom. The molecular weight excluding hydrogens is 376 g/mol. The van der Waals surface area contributed by atoms with Crippen LogP contribution in [0, 0.1) is 6.92 Å². The number of rotatable bonds is 7. The summed E-state index contributed by atoms with van der Waals surface area (Å²) >= 11 is 0. The lowest BCUT2D eigenvalue weighted by Gasteiger charge is -2.19. The number of ether oxygens (including phenoxy) is 2. The number of esters is 1. The van der Waals surface area contributed by atoms with Gasteiger partial charge in [-0.05, 0) is 56.6 Å². The lowest BCUT2D eigenvalue weighted by molar-refractivity contribution is 0.0474. The van der Waals surface area contributed by atoms with Gasteiger partial charge in [-0.3, -0.25) is 4.90 Å². The van der Waals surface area contributed by atoms with Crippen LogP contribution in [0.15, 0.2) is 48.5 Å². The fourth-order valence-electron chi connectivity index (χ4n) is 4.11. The Balaban J connectivity index is 0.00000272. The molecule has 0 atom stereocenters. The number of aryl methyl sites for hydroxylation is 1. The SMILES string of the molecule is Cc1[nH]c2ccc(OCCN3CCCCCC3)cc2c1C(=O)OCc1ccccc1.[HH]. The largest absolute Gasteiger partial charge is 0.492 e. The van der Waals surface area contributed by atoms with Crippen LogP contribution in [0.5, 0.6) is 5.75 Å². The maximum atomic E-state index is 12.8. The van der Waals surface area contributed by atoms with Gasteiger partial charge in [-0.2, -0.15) is 0 Å². The van der Waals surface area contributed by atoms with E-state index in [4.69, 9.17) is 9.47 Å². The Morgan fingerprint density at radius 3 is 2.60 bits per heavy atom. The van der Waals surface area contributed by atoms with E-state index in [2.05, 4.69) is 9.88 Å². The minimum Gasteiger partial charge on any atom is -0.492 e. The first-order valence-corrected chi connectivity index (χ1v) is 10.9. The average Bonchev–Trinajstić information content (AvgIpc) is 2.91. The molecule has 1 aliphatic heterocycles. The van der Waals surface area contributed by atoms with Crippen LogP contribution in [0.1, 0.15) is 48.7 Å². The van der Waals surface area contributed by atoms with Crippen LogP contribution in [0.2, 0.25) is 0 Å². The number of likely N-dealkylation sites (tertiary alicyclic amines) is 1. The minimum atomic E-state index is -0.315. The summed E-state index contributed by atoms with van der Waals surface area (Å²) < 4.78 is 11.6. The molecule has 0 aliphatic carbocycles. The number of carbonyl (C=O) groups excluding carboxylic acids is 1. The van der Waals surface area contributed by atoms with Crippen molar-refractivity contribution in [1.82, 2.24) is 9.88 Å². The van der Waals surface area contributed by atoms with Gasteiger partial charge in [0.05, 0.1) is 5.56 Å². The number of nitrogens with one attached hydrogen (secondary N) is 1. The van der Waals surface area contributed by atoms with Gasteiger partial charge < -0.3 is 14.5 Å². The van der Waals surface area contributed by atoms with Crippen molar-refractivity contribution in [1.29, 1.82) is 0 Å². The standard InChI is InChI=1S/C25H30N2O3.H2/c1-19-24(25(28)30-18-20-9-5-4-6-10-20)22-17-21(11-12-23(22)26-19)29-16-15-27-13-7-2-3-8-14-27;/h4-6,9-12,17,26H,2-3,7-8,13-16,18H2,1H3;1H. The summed E-state index contributed by atoms with van der Waals surface area (Å²) in [5, 5.41) is 0.845. The molecule has 0 amide bonds. The fraction of sp³-hybridized carbons (Fsp3) is 0.400. The molecular formula is C25H32N2O3. The van der Waals surface area contributed by atoms with Crippen LogP contribution >= 0.6 is 0 Å². The molecule has 0 saturated carbocycles. The molecule has 30 heavy (non-hydrogen) atoms. The molecule has 0 bridgehead atoms. The molecule has 1 N–H and O–H groups in total. The smallest absolute Gasteiger partial charge is 0.340 e. The van der Waals surface area contributed by atoms with Crippen LogP contribution in [0.3, 0.4) is 0 Å². The van der Waals surface area contributed by atoms with E-state index in [-0.39, 0.29) is 14.0 Å². The molecule has 0 unspecified atom stereocenters. The Bertz CT molecular complexity index is 979. The van der Waals surface area contributed by atoms with E-state index in [0.29, 0.717) is 12.2 Å². The van der Waals surface area contributed by atoms with E-state index in [1.165, 1.54) is 25.7 Å². The van der Waals surface area contributed by atoms with Crippen molar-refractivity contribution in [2.75, 3.05) is 26.2 Å². The maximum Gasteiger partial charge on any atom is 0.340 e. The second kappa shape index (κ2) is 9.81. The maximum absolute atomic E-state index is 12.8. The monoisotopic (exact) mass is 408 g/mol. The topological polar surface area (TPSA) is 54.6 Å². The van der Waals surface area contributed by atoms with Crippen molar-refractivity contribution in [3.63, 3.8) is 0 Å². The van der Waals surface area contributed by atoms with Gasteiger partial charge in [-0.25, -0.2) is 4.79 Å². The highest BCUT2D eigenvalue weighted by molar-refractivity contribution is 6.05. The van der Waals surface area contributed by atoms with E-state index in [1.807, 2.05) is 55.5 Å². The van der Waals surface area contributed by atoms with Crippen LogP contribution < -0.4 is 4.74 Å². The van der Waals surface area contributed by atoms with E-state index < -0.39 is 0 Å². The van der Waals surface area contributed by atoms with Crippen molar-refractivity contribution < 1.29 is 15.7 Å². The summed E-state index contributed by atoms with van der Waals surface area (Å²) in [5.41, 5.74) is 3.28. The molecule has 5 nitrogen and oxygen atoms in total. The molecule has 2 heterocycles. The number of hydrogen-bond donors (Lipinski definition) is 1. The van der Waals surface area contributed by atoms with E-state index in [9.17, 15) is 4.79 Å². The number of H-pyrrole nitrogens is 1.